The fourth-order valence-corrected chi connectivity index (χ4v) is 5.37. The Morgan fingerprint density at radius 1 is 1.03 bits per heavy atom. The first-order chi connectivity index (χ1) is 14.7. The minimum absolute atomic E-state index is 0.0889. The molecule has 0 aliphatic rings. The van der Waals surface area contributed by atoms with Gasteiger partial charge in [-0.2, -0.15) is 0 Å². The predicted octanol–water partition coefficient (Wildman–Crippen LogP) is 4.13. The van der Waals surface area contributed by atoms with Crippen LogP contribution in [0.2, 0.25) is 4.34 Å². The number of sulfonamides is 1. The molecule has 0 radical (unpaired) electrons. The highest BCUT2D eigenvalue weighted by Crippen LogP contribution is 2.32. The lowest BCUT2D eigenvalue weighted by molar-refractivity contribution is 0.256. The third kappa shape index (κ3) is 4.26. The highest BCUT2D eigenvalue weighted by Gasteiger charge is 2.20. The summed E-state index contributed by atoms with van der Waals surface area (Å²) in [5.74, 6) is -0.154. The van der Waals surface area contributed by atoms with Crippen molar-refractivity contribution in [2.75, 3.05) is 5.32 Å². The molecule has 31 heavy (non-hydrogen) atoms. The maximum Gasteiger partial charge on any atom is 0.333 e. The molecule has 2 aromatic heterocycles. The van der Waals surface area contributed by atoms with E-state index in [-0.39, 0.29) is 25.5 Å². The van der Waals surface area contributed by atoms with Gasteiger partial charge >= 0.3 is 6.03 Å². The zero-order valence-corrected chi connectivity index (χ0v) is 17.9. The molecule has 0 unspecified atom stereocenters. The fraction of sp³-hybridized carbons (Fsp3) is 0. The first kappa shape index (κ1) is 20.9. The van der Waals surface area contributed by atoms with Crippen molar-refractivity contribution in [3.8, 4) is 16.9 Å². The number of urea groups is 1. The van der Waals surface area contributed by atoms with E-state index in [4.69, 9.17) is 11.6 Å². The average Bonchev–Trinajstić information content (AvgIpc) is 3.16. The van der Waals surface area contributed by atoms with E-state index in [2.05, 4.69) is 10.3 Å². The molecule has 4 N–H and O–H groups in total. The largest absolute Gasteiger partial charge is 0.506 e. The van der Waals surface area contributed by atoms with Crippen LogP contribution in [0.3, 0.4) is 0 Å². The molecule has 158 valence electrons. The molecule has 2 amide bonds. The highest BCUT2D eigenvalue weighted by molar-refractivity contribution is 7.92. The van der Waals surface area contributed by atoms with Gasteiger partial charge < -0.3 is 15.4 Å². The lowest BCUT2D eigenvalue weighted by Gasteiger charge is -2.10. The minimum atomic E-state index is -4.05. The molecule has 0 saturated carbocycles. The number of halogens is 1. The predicted molar refractivity (Wildman–Crippen MR) is 120 cm³/mol. The van der Waals surface area contributed by atoms with Crippen molar-refractivity contribution in [2.45, 2.75) is 4.21 Å². The van der Waals surface area contributed by atoms with Gasteiger partial charge in [-0.15, -0.1) is 11.3 Å². The number of aromatic nitrogens is 1. The van der Waals surface area contributed by atoms with E-state index in [1.165, 1.54) is 36.4 Å². The molecular formula is C20H14ClN3O5S2. The smallest absolute Gasteiger partial charge is 0.333 e. The third-order valence-electron chi connectivity index (χ3n) is 4.37. The van der Waals surface area contributed by atoms with Gasteiger partial charge in [0.2, 0.25) is 0 Å². The molecule has 0 aliphatic heterocycles. The van der Waals surface area contributed by atoms with E-state index in [1.54, 1.807) is 24.3 Å². The third-order valence-corrected chi connectivity index (χ3v) is 7.42. The molecule has 0 spiro atoms. The summed E-state index contributed by atoms with van der Waals surface area (Å²) in [6, 6.07) is 14.6. The van der Waals surface area contributed by atoms with Gasteiger partial charge in [0.1, 0.15) is 9.96 Å². The number of amides is 2. The first-order valence-electron chi connectivity index (χ1n) is 8.78. The van der Waals surface area contributed by atoms with Crippen molar-refractivity contribution < 1.29 is 18.3 Å². The van der Waals surface area contributed by atoms with Gasteiger partial charge in [-0.1, -0.05) is 35.9 Å². The van der Waals surface area contributed by atoms with E-state index in [9.17, 15) is 23.1 Å². The van der Waals surface area contributed by atoms with E-state index in [0.717, 1.165) is 11.3 Å². The lowest BCUT2D eigenvalue weighted by atomic mass is 10.0. The number of anilines is 1. The second kappa shape index (κ2) is 8.06. The molecule has 0 fully saturated rings. The second-order valence-electron chi connectivity index (χ2n) is 6.42. The van der Waals surface area contributed by atoms with E-state index < -0.39 is 21.6 Å². The van der Waals surface area contributed by atoms with Crippen LogP contribution < -0.4 is 15.6 Å². The Morgan fingerprint density at radius 3 is 2.42 bits per heavy atom. The number of carbonyl (C=O) groups excluding carboxylic acids is 1. The number of rotatable bonds is 4. The van der Waals surface area contributed by atoms with Crippen molar-refractivity contribution in [1.82, 2.24) is 9.71 Å². The Hall–Kier alpha value is -3.34. The summed E-state index contributed by atoms with van der Waals surface area (Å²) in [4.78, 5) is 27.2. The van der Waals surface area contributed by atoms with Crippen molar-refractivity contribution in [1.29, 1.82) is 0 Å². The SMILES string of the molecule is O=C(Nc1ccc(-c2c(O)c3ccccc3[nH]c2=O)cc1)NS(=O)(=O)c1ccc(Cl)s1. The fourth-order valence-electron chi connectivity index (χ4n) is 2.98. The molecule has 0 saturated heterocycles. The number of fused-ring (bicyclic) bond motifs is 1. The summed E-state index contributed by atoms with van der Waals surface area (Å²) >= 11 is 6.56. The molecule has 4 aromatic rings. The Morgan fingerprint density at radius 2 is 1.74 bits per heavy atom. The summed E-state index contributed by atoms with van der Waals surface area (Å²) in [6.45, 7) is 0. The van der Waals surface area contributed by atoms with Gasteiger partial charge in [0, 0.05) is 11.1 Å². The van der Waals surface area contributed by atoms with Crippen LogP contribution in [-0.4, -0.2) is 24.5 Å². The van der Waals surface area contributed by atoms with Crippen molar-refractivity contribution in [3.63, 3.8) is 0 Å². The Labute approximate surface area is 185 Å². The number of carbonyl (C=O) groups is 1. The summed E-state index contributed by atoms with van der Waals surface area (Å²) in [7, 11) is -4.05. The normalized spacial score (nSPS) is 11.4. The van der Waals surface area contributed by atoms with Crippen molar-refractivity contribution >= 4 is 55.6 Å². The van der Waals surface area contributed by atoms with E-state index >= 15 is 0 Å². The van der Waals surface area contributed by atoms with Gasteiger partial charge in [-0.25, -0.2) is 17.9 Å². The number of hydrogen-bond donors (Lipinski definition) is 4. The maximum absolute atomic E-state index is 12.4. The van der Waals surface area contributed by atoms with Crippen LogP contribution in [-0.2, 0) is 10.0 Å². The average molecular weight is 476 g/mol. The number of para-hydroxylation sites is 1. The number of benzene rings is 2. The van der Waals surface area contributed by atoms with Gasteiger partial charge in [0.25, 0.3) is 15.6 Å². The number of thiophene rings is 1. The number of nitrogens with one attached hydrogen (secondary N) is 3. The molecule has 0 aliphatic carbocycles. The molecule has 2 heterocycles. The quantitative estimate of drug-likeness (QED) is 0.353. The zero-order valence-electron chi connectivity index (χ0n) is 15.5. The number of aromatic hydroxyl groups is 1. The maximum atomic E-state index is 12.4. The summed E-state index contributed by atoms with van der Waals surface area (Å²) in [5.41, 5.74) is 0.854. The standard InChI is InChI=1S/C20H14ClN3O5S2/c21-15-9-10-16(30-15)31(28,29)24-20(27)22-12-7-5-11(6-8-12)17-18(25)13-3-1-2-4-14(13)23-19(17)26/h1-10H,(H2,22,24,27)(H2,23,25,26). The van der Waals surface area contributed by atoms with E-state index in [0.29, 0.717) is 16.5 Å². The summed E-state index contributed by atoms with van der Waals surface area (Å²) in [5, 5.41) is 13.5. The van der Waals surface area contributed by atoms with Crippen LogP contribution in [0.5, 0.6) is 5.75 Å². The molecule has 0 atom stereocenters. The van der Waals surface area contributed by atoms with Crippen LogP contribution in [0.25, 0.3) is 22.0 Å². The van der Waals surface area contributed by atoms with Crippen LogP contribution in [0.4, 0.5) is 10.5 Å². The molecule has 0 bridgehead atoms. The Balaban J connectivity index is 1.55. The lowest BCUT2D eigenvalue weighted by Crippen LogP contribution is -2.33. The van der Waals surface area contributed by atoms with Crippen LogP contribution in [0.15, 0.2) is 69.7 Å². The molecule has 11 heteroatoms. The summed E-state index contributed by atoms with van der Waals surface area (Å²) in [6.07, 6.45) is 0. The summed E-state index contributed by atoms with van der Waals surface area (Å²) < 4.78 is 26.5. The van der Waals surface area contributed by atoms with Gasteiger partial charge in [0.15, 0.2) is 0 Å². The number of hydrogen-bond acceptors (Lipinski definition) is 6. The molecular weight excluding hydrogens is 462 g/mol. The zero-order chi connectivity index (χ0) is 22.2. The van der Waals surface area contributed by atoms with E-state index in [1.807, 2.05) is 4.72 Å². The van der Waals surface area contributed by atoms with Crippen LogP contribution >= 0.6 is 22.9 Å². The van der Waals surface area contributed by atoms with Crippen LogP contribution in [0, 0.1) is 0 Å². The van der Waals surface area contributed by atoms with Gasteiger partial charge in [-0.05, 0) is 42.0 Å². The topological polar surface area (TPSA) is 128 Å². The Kier molecular flexibility index (Phi) is 5.44. The highest BCUT2D eigenvalue weighted by atomic mass is 35.5. The first-order valence-corrected chi connectivity index (χ1v) is 11.5. The van der Waals surface area contributed by atoms with Crippen molar-refractivity contribution in [3.05, 3.63) is 75.4 Å². The minimum Gasteiger partial charge on any atom is -0.506 e. The monoisotopic (exact) mass is 475 g/mol. The number of pyridine rings is 1. The van der Waals surface area contributed by atoms with Gasteiger partial charge in [0.05, 0.1) is 15.4 Å². The molecule has 2 aromatic carbocycles. The van der Waals surface area contributed by atoms with Gasteiger partial charge in [-0.3, -0.25) is 4.79 Å². The number of H-pyrrole nitrogens is 1. The number of aromatic amines is 1. The second-order valence-corrected chi connectivity index (χ2v) is 10.0. The van der Waals surface area contributed by atoms with Crippen LogP contribution in [0.1, 0.15) is 0 Å². The Bertz CT molecular complexity index is 1460. The molecule has 8 nitrogen and oxygen atoms in total. The van der Waals surface area contributed by atoms with Crippen molar-refractivity contribution in [2.24, 2.45) is 0 Å². The molecule has 4 rings (SSSR count).